The van der Waals surface area contributed by atoms with E-state index in [0.717, 1.165) is 31.0 Å². The van der Waals surface area contributed by atoms with Crippen molar-refractivity contribution >= 4 is 11.8 Å². The van der Waals surface area contributed by atoms with Gasteiger partial charge in [0, 0.05) is 43.8 Å². The molecule has 0 radical (unpaired) electrons. The van der Waals surface area contributed by atoms with Crippen LogP contribution in [0, 0.1) is 6.92 Å². The van der Waals surface area contributed by atoms with Crippen LogP contribution in [0.4, 0.5) is 0 Å². The normalized spacial score (nSPS) is 10.9. The fraction of sp³-hybridized carbons (Fsp3) is 0.727. The van der Waals surface area contributed by atoms with Gasteiger partial charge in [0.2, 0.25) is 0 Å². The van der Waals surface area contributed by atoms with Gasteiger partial charge in [0.1, 0.15) is 0 Å². The van der Waals surface area contributed by atoms with Crippen LogP contribution in [0.2, 0.25) is 0 Å². The molecule has 0 aliphatic rings. The number of aliphatic hydroxyl groups is 1. The van der Waals surface area contributed by atoms with E-state index in [1.807, 2.05) is 29.7 Å². The Morgan fingerprint density at radius 2 is 2.31 bits per heavy atom. The molecular weight excluding hydrogens is 222 g/mol. The van der Waals surface area contributed by atoms with Crippen molar-refractivity contribution in [2.24, 2.45) is 7.05 Å². The standard InChI is InChI=1S/C11H21N3OS/c1-10-11(9-13-14(10)2)8-12-4-7-16-6-3-5-15/h9,12,15H,3-8H2,1-2H3. The third kappa shape index (κ3) is 4.55. The van der Waals surface area contributed by atoms with Crippen LogP contribution < -0.4 is 5.32 Å². The highest BCUT2D eigenvalue weighted by atomic mass is 32.2. The number of nitrogens with one attached hydrogen (secondary N) is 1. The van der Waals surface area contributed by atoms with Crippen molar-refractivity contribution in [1.29, 1.82) is 0 Å². The Balaban J connectivity index is 2.05. The fourth-order valence-corrected chi connectivity index (χ4v) is 2.18. The Morgan fingerprint density at radius 3 is 2.94 bits per heavy atom. The van der Waals surface area contributed by atoms with E-state index >= 15 is 0 Å². The summed E-state index contributed by atoms with van der Waals surface area (Å²) in [4.78, 5) is 0. The van der Waals surface area contributed by atoms with Crippen molar-refractivity contribution in [1.82, 2.24) is 15.1 Å². The molecule has 1 rings (SSSR count). The molecule has 0 bridgehead atoms. The molecule has 0 amide bonds. The molecule has 16 heavy (non-hydrogen) atoms. The molecule has 0 aliphatic carbocycles. The summed E-state index contributed by atoms with van der Waals surface area (Å²) >= 11 is 1.88. The molecule has 0 aromatic carbocycles. The molecule has 0 saturated carbocycles. The van der Waals surface area contributed by atoms with Crippen LogP contribution in [0.1, 0.15) is 17.7 Å². The molecule has 0 saturated heterocycles. The monoisotopic (exact) mass is 243 g/mol. The Morgan fingerprint density at radius 1 is 1.50 bits per heavy atom. The molecule has 2 N–H and O–H groups in total. The van der Waals surface area contributed by atoms with E-state index in [1.54, 1.807) is 0 Å². The maximum absolute atomic E-state index is 8.61. The summed E-state index contributed by atoms with van der Waals surface area (Å²) in [6, 6.07) is 0. The van der Waals surface area contributed by atoms with Gasteiger partial charge in [-0.3, -0.25) is 4.68 Å². The summed E-state index contributed by atoms with van der Waals surface area (Å²) in [6.45, 7) is 4.28. The van der Waals surface area contributed by atoms with E-state index in [1.165, 1.54) is 11.3 Å². The van der Waals surface area contributed by atoms with E-state index in [9.17, 15) is 0 Å². The summed E-state index contributed by atoms with van der Waals surface area (Å²) in [5.41, 5.74) is 2.49. The lowest BCUT2D eigenvalue weighted by Gasteiger charge is -2.04. The molecule has 1 heterocycles. The van der Waals surface area contributed by atoms with Crippen LogP contribution in [0.25, 0.3) is 0 Å². The van der Waals surface area contributed by atoms with Crippen molar-refractivity contribution < 1.29 is 5.11 Å². The van der Waals surface area contributed by atoms with E-state index in [4.69, 9.17) is 5.11 Å². The minimum absolute atomic E-state index is 0.301. The Kier molecular flexibility index (Phi) is 6.52. The zero-order valence-electron chi connectivity index (χ0n) is 10.1. The van der Waals surface area contributed by atoms with Gasteiger partial charge in [0.15, 0.2) is 0 Å². The van der Waals surface area contributed by atoms with Crippen molar-refractivity contribution in [3.05, 3.63) is 17.5 Å². The molecule has 1 aromatic rings. The number of aliphatic hydroxyl groups excluding tert-OH is 1. The van der Waals surface area contributed by atoms with Gasteiger partial charge in [0.05, 0.1) is 6.20 Å². The number of hydrogen-bond acceptors (Lipinski definition) is 4. The van der Waals surface area contributed by atoms with Gasteiger partial charge in [-0.15, -0.1) is 0 Å². The predicted molar refractivity (Wildman–Crippen MR) is 68.7 cm³/mol. The quantitative estimate of drug-likeness (QED) is 0.667. The Labute approximate surface area is 101 Å². The van der Waals surface area contributed by atoms with Gasteiger partial charge in [-0.05, 0) is 19.1 Å². The number of thioether (sulfide) groups is 1. The van der Waals surface area contributed by atoms with Crippen molar-refractivity contribution in [2.45, 2.75) is 19.9 Å². The van der Waals surface area contributed by atoms with Gasteiger partial charge in [-0.25, -0.2) is 0 Å². The van der Waals surface area contributed by atoms with E-state index in [-0.39, 0.29) is 0 Å². The summed E-state index contributed by atoms with van der Waals surface area (Å²) in [5, 5.41) is 16.2. The maximum atomic E-state index is 8.61. The largest absolute Gasteiger partial charge is 0.396 e. The molecule has 5 heteroatoms. The first-order valence-electron chi connectivity index (χ1n) is 5.62. The fourth-order valence-electron chi connectivity index (χ4n) is 1.35. The van der Waals surface area contributed by atoms with Crippen molar-refractivity contribution in [3.8, 4) is 0 Å². The van der Waals surface area contributed by atoms with E-state index in [0.29, 0.717) is 6.61 Å². The first-order valence-corrected chi connectivity index (χ1v) is 6.78. The molecular formula is C11H21N3OS. The highest BCUT2D eigenvalue weighted by molar-refractivity contribution is 7.99. The summed E-state index contributed by atoms with van der Waals surface area (Å²) in [7, 11) is 1.96. The molecule has 0 spiro atoms. The lowest BCUT2D eigenvalue weighted by molar-refractivity contribution is 0.296. The first-order chi connectivity index (χ1) is 7.75. The summed E-state index contributed by atoms with van der Waals surface area (Å²) < 4.78 is 1.90. The molecule has 92 valence electrons. The number of hydrogen-bond donors (Lipinski definition) is 2. The second kappa shape index (κ2) is 7.70. The molecule has 0 unspecified atom stereocenters. The SMILES string of the molecule is Cc1c(CNCCSCCCO)cnn1C. The second-order valence-corrected chi connectivity index (χ2v) is 4.97. The van der Waals surface area contributed by atoms with Crippen LogP contribution in [0.5, 0.6) is 0 Å². The third-order valence-corrected chi connectivity index (χ3v) is 3.59. The van der Waals surface area contributed by atoms with Crippen LogP contribution in [0.3, 0.4) is 0 Å². The number of nitrogens with zero attached hydrogens (tertiary/aromatic N) is 2. The van der Waals surface area contributed by atoms with Crippen molar-refractivity contribution in [2.75, 3.05) is 24.7 Å². The summed E-state index contributed by atoms with van der Waals surface area (Å²) in [6.07, 6.45) is 2.81. The van der Waals surface area contributed by atoms with Crippen molar-refractivity contribution in [3.63, 3.8) is 0 Å². The van der Waals surface area contributed by atoms with Gasteiger partial charge in [-0.2, -0.15) is 16.9 Å². The van der Waals surface area contributed by atoms with Crippen LogP contribution in [-0.4, -0.2) is 39.5 Å². The molecule has 1 aromatic heterocycles. The average Bonchev–Trinajstić information content (AvgIpc) is 2.59. The number of rotatable bonds is 8. The number of aromatic nitrogens is 2. The van der Waals surface area contributed by atoms with Crippen LogP contribution in [-0.2, 0) is 13.6 Å². The van der Waals surface area contributed by atoms with E-state index in [2.05, 4.69) is 17.3 Å². The highest BCUT2D eigenvalue weighted by Crippen LogP contribution is 2.05. The maximum Gasteiger partial charge on any atom is 0.0537 e. The number of aryl methyl sites for hydroxylation is 1. The van der Waals surface area contributed by atoms with Crippen LogP contribution >= 0.6 is 11.8 Å². The Bertz CT molecular complexity index is 301. The van der Waals surface area contributed by atoms with E-state index < -0.39 is 0 Å². The zero-order chi connectivity index (χ0) is 11.8. The lowest BCUT2D eigenvalue weighted by Crippen LogP contribution is -2.17. The molecule has 0 aliphatic heterocycles. The topological polar surface area (TPSA) is 50.1 Å². The molecule has 4 nitrogen and oxygen atoms in total. The highest BCUT2D eigenvalue weighted by Gasteiger charge is 2.01. The van der Waals surface area contributed by atoms with Gasteiger partial charge in [-0.1, -0.05) is 0 Å². The first kappa shape index (κ1) is 13.5. The summed E-state index contributed by atoms with van der Waals surface area (Å²) in [5.74, 6) is 2.14. The smallest absolute Gasteiger partial charge is 0.0537 e. The Hall–Kier alpha value is -0.520. The minimum atomic E-state index is 0.301. The second-order valence-electron chi connectivity index (χ2n) is 3.75. The molecule has 0 fully saturated rings. The zero-order valence-corrected chi connectivity index (χ0v) is 10.9. The van der Waals surface area contributed by atoms with Gasteiger partial charge >= 0.3 is 0 Å². The van der Waals surface area contributed by atoms with Gasteiger partial charge < -0.3 is 10.4 Å². The average molecular weight is 243 g/mol. The minimum Gasteiger partial charge on any atom is -0.396 e. The lowest BCUT2D eigenvalue weighted by atomic mass is 10.2. The predicted octanol–water partition coefficient (Wildman–Crippen LogP) is 0.934. The molecule has 0 atom stereocenters. The van der Waals surface area contributed by atoms with Crippen LogP contribution in [0.15, 0.2) is 6.20 Å². The third-order valence-electron chi connectivity index (χ3n) is 2.52. The van der Waals surface area contributed by atoms with Gasteiger partial charge in [0.25, 0.3) is 0 Å².